The van der Waals surface area contributed by atoms with Gasteiger partial charge in [-0.25, -0.2) is 4.79 Å². The molecule has 1 fully saturated rings. The zero-order valence-corrected chi connectivity index (χ0v) is 17.1. The molecule has 7 heteroatoms. The number of phenolic OH excluding ortho intramolecular Hbond substituents is 1. The van der Waals surface area contributed by atoms with E-state index < -0.39 is 0 Å². The van der Waals surface area contributed by atoms with Crippen molar-refractivity contribution >= 4 is 38.6 Å². The van der Waals surface area contributed by atoms with Gasteiger partial charge < -0.3 is 15.4 Å². The second-order valence-corrected chi connectivity index (χ2v) is 8.28. The number of aromatic hydroxyl groups is 1. The van der Waals surface area contributed by atoms with Gasteiger partial charge in [0.05, 0.1) is 11.0 Å². The number of benzene rings is 2. The minimum absolute atomic E-state index is 0.00226. The number of hydrogen-bond donors (Lipinski definition) is 3. The Kier molecular flexibility index (Phi) is 5.02. The number of carbonyl (C=O) groups is 1. The Bertz CT molecular complexity index is 1090. The van der Waals surface area contributed by atoms with Crippen LogP contribution < -0.4 is 11.0 Å². The molecule has 1 aliphatic carbocycles. The molecule has 1 aliphatic rings. The van der Waals surface area contributed by atoms with Crippen molar-refractivity contribution in [3.63, 3.8) is 0 Å². The van der Waals surface area contributed by atoms with Crippen molar-refractivity contribution in [2.75, 3.05) is 5.32 Å². The minimum atomic E-state index is -0.102. The Morgan fingerprint density at radius 2 is 1.96 bits per heavy atom. The average Bonchev–Trinajstić information content (AvgIpc) is 3.02. The number of imidazole rings is 1. The van der Waals surface area contributed by atoms with Crippen molar-refractivity contribution < 1.29 is 9.90 Å². The van der Waals surface area contributed by atoms with E-state index in [-0.39, 0.29) is 29.3 Å². The number of H-pyrrole nitrogens is 1. The molecule has 146 valence electrons. The van der Waals surface area contributed by atoms with Crippen LogP contribution in [0, 0.1) is 12.8 Å². The summed E-state index contributed by atoms with van der Waals surface area (Å²) in [5, 5.41) is 12.6. The molecule has 1 amide bonds. The maximum atomic E-state index is 12.6. The number of carbonyl (C=O) groups excluding carboxylic acids is 1. The Hall–Kier alpha value is -2.54. The van der Waals surface area contributed by atoms with Crippen LogP contribution in [0.5, 0.6) is 5.75 Å². The molecule has 3 aromatic rings. The Labute approximate surface area is 170 Å². The predicted octanol–water partition coefficient (Wildman–Crippen LogP) is 4.48. The highest BCUT2D eigenvalue weighted by Gasteiger charge is 2.29. The molecule has 0 aliphatic heterocycles. The van der Waals surface area contributed by atoms with E-state index in [1.54, 1.807) is 25.1 Å². The summed E-state index contributed by atoms with van der Waals surface area (Å²) in [5.41, 5.74) is 3.03. The van der Waals surface area contributed by atoms with Gasteiger partial charge in [-0.3, -0.25) is 9.36 Å². The van der Waals surface area contributed by atoms with Crippen molar-refractivity contribution in [3.05, 3.63) is 56.9 Å². The van der Waals surface area contributed by atoms with E-state index in [1.165, 1.54) is 0 Å². The Morgan fingerprint density at radius 3 is 2.68 bits per heavy atom. The van der Waals surface area contributed by atoms with E-state index in [2.05, 4.69) is 26.2 Å². The molecule has 6 nitrogen and oxygen atoms in total. The molecule has 0 bridgehead atoms. The molecule has 1 aromatic heterocycles. The van der Waals surface area contributed by atoms with E-state index in [1.807, 2.05) is 22.8 Å². The first kappa shape index (κ1) is 18.8. The number of aromatic amines is 1. The summed E-state index contributed by atoms with van der Waals surface area (Å²) in [6.45, 7) is 1.80. The van der Waals surface area contributed by atoms with Gasteiger partial charge in [0.15, 0.2) is 0 Å². The number of anilines is 1. The summed E-state index contributed by atoms with van der Waals surface area (Å²) < 4.78 is 2.70. The number of nitrogens with one attached hydrogen (secondary N) is 2. The standard InChI is InChI=1S/C21H22BrN3O3/c1-12-11-14(7-10-18(12)26)23-20(27)13-5-8-15(9-6-13)25-17-4-2-3-16(22)19(17)24-21(25)28/h2-4,7,10-11,13,15,26H,5-6,8-9H2,1H3,(H,23,27)(H,24,28). The van der Waals surface area contributed by atoms with E-state index in [0.29, 0.717) is 5.69 Å². The van der Waals surface area contributed by atoms with E-state index in [4.69, 9.17) is 0 Å². The summed E-state index contributed by atoms with van der Waals surface area (Å²) >= 11 is 3.49. The topological polar surface area (TPSA) is 87.1 Å². The van der Waals surface area contributed by atoms with Crippen LogP contribution >= 0.6 is 15.9 Å². The van der Waals surface area contributed by atoms with Crippen molar-refractivity contribution in [1.29, 1.82) is 0 Å². The van der Waals surface area contributed by atoms with Gasteiger partial charge in [-0.1, -0.05) is 6.07 Å². The fourth-order valence-electron chi connectivity index (χ4n) is 4.05. The van der Waals surface area contributed by atoms with Crippen LogP contribution in [0.2, 0.25) is 0 Å². The number of halogens is 1. The van der Waals surface area contributed by atoms with E-state index in [0.717, 1.165) is 46.8 Å². The number of aryl methyl sites for hydroxylation is 1. The Balaban J connectivity index is 1.45. The lowest BCUT2D eigenvalue weighted by Crippen LogP contribution is -2.31. The van der Waals surface area contributed by atoms with Gasteiger partial charge in [-0.05, 0) is 84.4 Å². The Morgan fingerprint density at radius 1 is 1.21 bits per heavy atom. The first-order valence-corrected chi connectivity index (χ1v) is 10.2. The molecule has 4 rings (SSSR count). The van der Waals surface area contributed by atoms with Crippen LogP contribution in [-0.4, -0.2) is 20.6 Å². The average molecular weight is 444 g/mol. The lowest BCUT2D eigenvalue weighted by Gasteiger charge is -2.28. The quantitative estimate of drug-likeness (QED) is 0.521. The zero-order chi connectivity index (χ0) is 19.8. The first-order chi connectivity index (χ1) is 13.4. The van der Waals surface area contributed by atoms with E-state index in [9.17, 15) is 14.7 Å². The monoisotopic (exact) mass is 443 g/mol. The molecular formula is C21H22BrN3O3. The third kappa shape index (κ3) is 3.46. The minimum Gasteiger partial charge on any atom is -0.508 e. The molecule has 0 unspecified atom stereocenters. The van der Waals surface area contributed by atoms with Gasteiger partial charge in [0, 0.05) is 22.1 Å². The SMILES string of the molecule is Cc1cc(NC(=O)C2CCC(n3c(=O)[nH]c4c(Br)cccc43)CC2)ccc1O. The molecule has 1 heterocycles. The van der Waals surface area contributed by atoms with Crippen molar-refractivity contribution in [1.82, 2.24) is 9.55 Å². The van der Waals surface area contributed by atoms with Crippen LogP contribution in [0.4, 0.5) is 5.69 Å². The van der Waals surface area contributed by atoms with Gasteiger partial charge in [0.1, 0.15) is 5.75 Å². The number of nitrogens with zero attached hydrogens (tertiary/aromatic N) is 1. The molecule has 0 atom stereocenters. The number of fused-ring (bicyclic) bond motifs is 1. The number of aromatic nitrogens is 2. The highest BCUT2D eigenvalue weighted by atomic mass is 79.9. The maximum absolute atomic E-state index is 12.6. The lowest BCUT2D eigenvalue weighted by atomic mass is 9.85. The molecule has 0 saturated heterocycles. The first-order valence-electron chi connectivity index (χ1n) is 9.43. The van der Waals surface area contributed by atoms with Crippen LogP contribution in [0.15, 0.2) is 45.7 Å². The molecule has 3 N–H and O–H groups in total. The summed E-state index contributed by atoms with van der Waals surface area (Å²) in [6, 6.07) is 10.9. The second-order valence-electron chi connectivity index (χ2n) is 7.43. The predicted molar refractivity (Wildman–Crippen MR) is 113 cm³/mol. The van der Waals surface area contributed by atoms with Crippen LogP contribution in [0.25, 0.3) is 11.0 Å². The van der Waals surface area contributed by atoms with Crippen molar-refractivity contribution in [3.8, 4) is 5.75 Å². The summed E-state index contributed by atoms with van der Waals surface area (Å²) in [6.07, 6.45) is 3.04. The fourth-order valence-corrected chi connectivity index (χ4v) is 4.50. The smallest absolute Gasteiger partial charge is 0.326 e. The molecule has 2 aromatic carbocycles. The molecule has 0 radical (unpaired) electrons. The number of hydrogen-bond acceptors (Lipinski definition) is 3. The van der Waals surface area contributed by atoms with Crippen molar-refractivity contribution in [2.45, 2.75) is 38.6 Å². The lowest BCUT2D eigenvalue weighted by molar-refractivity contribution is -0.121. The third-order valence-corrected chi connectivity index (χ3v) is 6.26. The number of amides is 1. The highest BCUT2D eigenvalue weighted by molar-refractivity contribution is 9.10. The molecule has 0 spiro atoms. The van der Waals surface area contributed by atoms with Crippen LogP contribution in [0.1, 0.15) is 37.3 Å². The third-order valence-electron chi connectivity index (χ3n) is 5.60. The van der Waals surface area contributed by atoms with Gasteiger partial charge in [-0.15, -0.1) is 0 Å². The zero-order valence-electron chi connectivity index (χ0n) is 15.5. The normalized spacial score (nSPS) is 19.6. The number of rotatable bonds is 3. The van der Waals surface area contributed by atoms with Gasteiger partial charge in [0.25, 0.3) is 0 Å². The second kappa shape index (κ2) is 7.47. The summed E-state index contributed by atoms with van der Waals surface area (Å²) in [7, 11) is 0. The van der Waals surface area contributed by atoms with Gasteiger partial charge >= 0.3 is 5.69 Å². The van der Waals surface area contributed by atoms with Crippen LogP contribution in [-0.2, 0) is 4.79 Å². The maximum Gasteiger partial charge on any atom is 0.326 e. The van der Waals surface area contributed by atoms with Gasteiger partial charge in [-0.2, -0.15) is 0 Å². The molecule has 1 saturated carbocycles. The number of phenols is 1. The molecule has 28 heavy (non-hydrogen) atoms. The molecular weight excluding hydrogens is 422 g/mol. The van der Waals surface area contributed by atoms with Crippen molar-refractivity contribution in [2.24, 2.45) is 5.92 Å². The largest absolute Gasteiger partial charge is 0.508 e. The van der Waals surface area contributed by atoms with Crippen LogP contribution in [0.3, 0.4) is 0 Å². The fraction of sp³-hybridized carbons (Fsp3) is 0.333. The highest BCUT2D eigenvalue weighted by Crippen LogP contribution is 2.34. The van der Waals surface area contributed by atoms with Gasteiger partial charge in [0.2, 0.25) is 5.91 Å². The summed E-state index contributed by atoms with van der Waals surface area (Å²) in [4.78, 5) is 28.0. The van der Waals surface area contributed by atoms with E-state index >= 15 is 0 Å². The number of para-hydroxylation sites is 1. The summed E-state index contributed by atoms with van der Waals surface area (Å²) in [5.74, 6) is 0.143.